The van der Waals surface area contributed by atoms with E-state index in [-0.39, 0.29) is 110 Å². The van der Waals surface area contributed by atoms with E-state index in [9.17, 15) is 97.5 Å². The molecular weight excluding hydrogens is 1670 g/mol. The van der Waals surface area contributed by atoms with Gasteiger partial charge in [-0.15, -0.1) is 11.3 Å². The van der Waals surface area contributed by atoms with Crippen LogP contribution in [-0.4, -0.2) is 247 Å². The van der Waals surface area contributed by atoms with Crippen LogP contribution in [0.2, 0.25) is 0 Å². The van der Waals surface area contributed by atoms with Gasteiger partial charge in [0.25, 0.3) is 5.91 Å². The summed E-state index contributed by atoms with van der Waals surface area (Å²) in [5.74, 6) is -15.1. The van der Waals surface area contributed by atoms with Crippen LogP contribution in [0.4, 0.5) is 14.4 Å². The largest absolute Gasteiger partial charge is 0.508 e. The third kappa shape index (κ3) is 41.0. The molecule has 1 aromatic heterocycles. The lowest BCUT2D eigenvalue weighted by molar-refractivity contribution is -0.153. The summed E-state index contributed by atoms with van der Waals surface area (Å²) in [6.07, 6.45) is 4.35. The van der Waals surface area contributed by atoms with E-state index < -0.39 is 170 Å². The number of hydrogen-bond donors (Lipinski definition) is 17. The Bertz CT molecular complexity index is 3960. The van der Waals surface area contributed by atoms with E-state index in [4.69, 9.17) is 19.3 Å². The van der Waals surface area contributed by atoms with Crippen molar-refractivity contribution in [2.24, 2.45) is 17.8 Å². The second-order valence-corrected chi connectivity index (χ2v) is 34.1. The Morgan fingerprint density at radius 1 is 0.642 bits per heavy atom. The average Bonchev–Trinajstić information content (AvgIpc) is 1.67. The molecule has 12 amide bonds. The Balaban J connectivity index is 1.29. The predicted molar refractivity (Wildman–Crippen MR) is 454 cm³/mol. The van der Waals surface area contributed by atoms with Gasteiger partial charge in [0, 0.05) is 80.4 Å². The Kier molecular flexibility index (Phi) is 47.9. The highest BCUT2D eigenvalue weighted by atomic mass is 33.1. The number of hydrogen-bond acceptors (Lipinski definition) is 25. The SMILES string of the molecule is CCCCCCCOCN(C(=O)[C@@H](NC(=O)[C@H]1CCCCN1C)C(C)CC)[C@H](C[C@@H](OC(C)=O)c1nc(C(=O)N[C@@H](Cc2ccc(O)cc2)C[C@H](C)C(=O)NNC(=O)OCCSSC[C@H](NC(=O)[C@H](CC(=O)O)NC(=O)[C@H](CC(=O)O)NC(=O)Cc2ccc(CNC(=O)NCCCC[C@@H](C)NC(=O)N[C@@H](CCC(=O)O)C(=O)O)cc2)C(=O)O)cs1)C(C)C. The molecule has 12 atom stereocenters. The van der Waals surface area contributed by atoms with E-state index in [1.54, 1.807) is 43.0 Å². The van der Waals surface area contributed by atoms with Crippen LogP contribution in [0.1, 0.15) is 209 Å². The fourth-order valence-electron chi connectivity index (χ4n) is 13.0. The molecule has 1 saturated heterocycles. The van der Waals surface area contributed by atoms with Gasteiger partial charge in [-0.05, 0) is 119 Å². The topological polar surface area (TPSA) is 574 Å². The molecule has 3 aromatic rings. The van der Waals surface area contributed by atoms with Crippen molar-refractivity contribution in [3.05, 3.63) is 81.3 Å². The summed E-state index contributed by atoms with van der Waals surface area (Å²) < 4.78 is 17.4. The highest BCUT2D eigenvalue weighted by Crippen LogP contribution is 2.33. The quantitative estimate of drug-likeness (QED) is 0.0103. The average molecular weight is 1790 g/mol. The molecule has 1 unspecified atom stereocenters. The van der Waals surface area contributed by atoms with Crippen molar-refractivity contribution in [3.63, 3.8) is 0 Å². The number of aromatic hydroxyl groups is 1. The molecule has 0 bridgehead atoms. The number of aliphatic carboxylic acids is 5. The number of thiazole rings is 1. The maximum Gasteiger partial charge on any atom is 0.426 e. The molecular formula is C81H122N14O25S3. The number of likely N-dealkylation sites (tertiary alicyclic amines) is 1. The number of nitrogens with one attached hydrogen (secondary N) is 11. The lowest BCUT2D eigenvalue weighted by Crippen LogP contribution is -2.59. The molecule has 4 rings (SSSR count). The number of hydrazine groups is 1. The molecule has 17 N–H and O–H groups in total. The lowest BCUT2D eigenvalue weighted by atomic mass is 9.92. The minimum absolute atomic E-state index is 0.00999. The molecule has 123 heavy (non-hydrogen) atoms. The zero-order chi connectivity index (χ0) is 91.3. The summed E-state index contributed by atoms with van der Waals surface area (Å²) >= 11 is 1.06. The smallest absolute Gasteiger partial charge is 0.426 e. The van der Waals surface area contributed by atoms with Crippen molar-refractivity contribution in [3.8, 4) is 5.75 Å². The summed E-state index contributed by atoms with van der Waals surface area (Å²) in [5, 5.41) is 82.0. The molecule has 0 aliphatic carbocycles. The number of phenols is 1. The summed E-state index contributed by atoms with van der Waals surface area (Å²) in [4.78, 5) is 214. The Hall–Kier alpha value is -10.6. The van der Waals surface area contributed by atoms with Crippen LogP contribution < -0.4 is 58.7 Å². The second kappa shape index (κ2) is 56.2. The first-order valence-corrected chi connectivity index (χ1v) is 44.5. The van der Waals surface area contributed by atoms with Crippen LogP contribution in [0.25, 0.3) is 0 Å². The molecule has 0 radical (unpaired) electrons. The van der Waals surface area contributed by atoms with E-state index in [1.807, 2.05) is 39.6 Å². The fraction of sp³-hybridized carbons (Fsp3) is 0.617. The number of carboxylic acids is 5. The lowest BCUT2D eigenvalue weighted by Gasteiger charge is -2.40. The van der Waals surface area contributed by atoms with Crippen molar-refractivity contribution in [2.75, 3.05) is 51.6 Å². The number of benzene rings is 2. The van der Waals surface area contributed by atoms with Crippen LogP contribution in [0.15, 0.2) is 53.9 Å². The van der Waals surface area contributed by atoms with Crippen LogP contribution in [-0.2, 0) is 91.1 Å². The van der Waals surface area contributed by atoms with Gasteiger partial charge in [0.05, 0.1) is 25.3 Å². The first kappa shape index (κ1) is 105. The van der Waals surface area contributed by atoms with E-state index in [1.165, 1.54) is 36.6 Å². The van der Waals surface area contributed by atoms with Crippen LogP contribution in [0, 0.1) is 17.8 Å². The maximum atomic E-state index is 15.2. The number of carbonyl (C=O) groups is 16. The van der Waals surface area contributed by atoms with Gasteiger partial charge in [-0.1, -0.05) is 138 Å². The standard InChI is InChI=1S/C81H122N14O25S3/c1-10-12-13-14-19-34-118-46-95(76(110)69(48(5)11-2)91-74(109)62-21-16-18-33-94(62)9)63(47(3)4)42-64(120-51(8)96)75-89-60(44-121-75)73(108)85-55(38-52-26-28-56(97)29-27-52)37-49(6)70(105)92-93-81(117)119-35-36-122-123-45-61(78(113)114)88-72(107)59(41-68(103)104)87-71(106)58(40-67(101)102)86-65(98)39-53-22-24-54(25-23-53)43-83-79(115)82-32-17-15-20-50(7)84-80(116)90-57(77(111)112)30-31-66(99)100/h22-29,44,47-50,55,57-59,61-64,69,97H,10-21,30-43,45-46H2,1-9H3,(H,85,108)(H,86,98)(H,87,106)(H,88,107)(H,91,109)(H,92,105)(H,93,117)(H,99,100)(H,101,102)(H,103,104)(H,111,112)(H,113,114)(H2,82,83,115)(H2,84,90,116)/t48?,49-,50+,55+,57-,58-,59-,61-,62+,63+,64+,69-/m0/s1. The number of likely N-dealkylation sites (N-methyl/N-ethyl adjacent to an activating group) is 1. The van der Waals surface area contributed by atoms with Crippen molar-refractivity contribution < 1.29 is 122 Å². The number of nitrogens with zero attached hydrogens (tertiary/aromatic N) is 3. The van der Waals surface area contributed by atoms with Crippen molar-refractivity contribution in [1.82, 2.24) is 73.5 Å². The van der Waals surface area contributed by atoms with Crippen molar-refractivity contribution in [1.29, 1.82) is 0 Å². The van der Waals surface area contributed by atoms with E-state index >= 15 is 4.79 Å². The number of urea groups is 2. The molecule has 2 heterocycles. The van der Waals surface area contributed by atoms with E-state index in [0.29, 0.717) is 55.4 Å². The van der Waals surface area contributed by atoms with Gasteiger partial charge in [-0.2, -0.15) is 0 Å². The van der Waals surface area contributed by atoms with Gasteiger partial charge in [0.2, 0.25) is 35.4 Å². The zero-order valence-corrected chi connectivity index (χ0v) is 73.5. The highest BCUT2D eigenvalue weighted by molar-refractivity contribution is 8.76. The molecule has 1 fully saturated rings. The number of carbonyl (C=O) groups excluding carboxylic acids is 11. The number of rotatable bonds is 57. The fourth-order valence-corrected chi connectivity index (χ4v) is 15.8. The number of ether oxygens (including phenoxy) is 3. The van der Waals surface area contributed by atoms with Gasteiger partial charge < -0.3 is 97.6 Å². The summed E-state index contributed by atoms with van der Waals surface area (Å²) in [5.41, 5.74) is 6.07. The Labute approximate surface area is 726 Å². The maximum absolute atomic E-state index is 15.2. The van der Waals surface area contributed by atoms with Gasteiger partial charge in [-0.3, -0.25) is 63.1 Å². The normalized spacial score (nSPS) is 15.3. The first-order valence-electron chi connectivity index (χ1n) is 41.1. The first-order chi connectivity index (χ1) is 58.4. The van der Waals surface area contributed by atoms with E-state index in [0.717, 1.165) is 84.4 Å². The molecule has 39 nitrogen and oxygen atoms in total. The monoisotopic (exact) mass is 1790 g/mol. The summed E-state index contributed by atoms with van der Waals surface area (Å²) in [7, 11) is 3.79. The minimum Gasteiger partial charge on any atom is -0.508 e. The summed E-state index contributed by atoms with van der Waals surface area (Å²) in [6.45, 7) is 15.4. The molecule has 1 aliphatic rings. The van der Waals surface area contributed by atoms with Gasteiger partial charge in [-0.25, -0.2) is 34.4 Å². The van der Waals surface area contributed by atoms with Gasteiger partial charge >= 0.3 is 54.0 Å². The molecule has 0 spiro atoms. The molecule has 1 aliphatic heterocycles. The van der Waals surface area contributed by atoms with Gasteiger partial charge in [0.15, 0.2) is 6.10 Å². The predicted octanol–water partition coefficient (Wildman–Crippen LogP) is 5.87. The molecule has 684 valence electrons. The summed E-state index contributed by atoms with van der Waals surface area (Å²) in [6, 6.07) is 1.16. The number of unbranched alkanes of at least 4 members (excludes halogenated alkanes) is 5. The third-order valence-corrected chi connectivity index (χ3v) is 23.4. The highest BCUT2D eigenvalue weighted by Gasteiger charge is 2.40. The van der Waals surface area contributed by atoms with E-state index in [2.05, 4.69) is 70.6 Å². The molecule has 0 saturated carbocycles. The second-order valence-electron chi connectivity index (χ2n) is 30.6. The minimum atomic E-state index is -1.97. The Morgan fingerprint density at radius 2 is 1.28 bits per heavy atom. The van der Waals surface area contributed by atoms with Crippen LogP contribution in [0.5, 0.6) is 5.75 Å². The number of carboxylic acid groups (broad SMARTS) is 5. The molecule has 42 heteroatoms. The van der Waals surface area contributed by atoms with Crippen LogP contribution in [0.3, 0.4) is 0 Å². The number of aromatic nitrogens is 1. The van der Waals surface area contributed by atoms with Crippen molar-refractivity contribution in [2.45, 2.75) is 251 Å². The number of amides is 12. The Morgan fingerprint density at radius 3 is 1.90 bits per heavy atom. The number of phenolic OH excluding ortho intramolecular Hbond substituents is 1. The number of esters is 1. The third-order valence-electron chi connectivity index (χ3n) is 20.0. The van der Waals surface area contributed by atoms with Crippen molar-refractivity contribution >= 4 is 128 Å². The zero-order valence-electron chi connectivity index (χ0n) is 71.0. The van der Waals surface area contributed by atoms with Crippen LogP contribution >= 0.6 is 32.9 Å². The number of piperidine rings is 1. The van der Waals surface area contributed by atoms with Gasteiger partial charge in [0.1, 0.15) is 60.0 Å². The molecule has 2 aromatic carbocycles.